The maximum Gasteiger partial charge on any atom is 0.191 e. The van der Waals surface area contributed by atoms with Crippen LogP contribution >= 0.6 is 12.2 Å². The largest absolute Gasteiger partial charge is 0.331 e. The summed E-state index contributed by atoms with van der Waals surface area (Å²) in [7, 11) is 0. The van der Waals surface area contributed by atoms with Crippen LogP contribution in [0.4, 0.5) is 5.69 Å². The molecule has 1 aliphatic carbocycles. The molecule has 0 heterocycles. The van der Waals surface area contributed by atoms with Gasteiger partial charge in [-0.15, -0.1) is 0 Å². The molecule has 0 saturated carbocycles. The maximum atomic E-state index is 5.36. The minimum atomic E-state index is 0.522. The van der Waals surface area contributed by atoms with Gasteiger partial charge >= 0.3 is 0 Å². The van der Waals surface area contributed by atoms with Crippen LogP contribution in [-0.2, 0) is 6.42 Å². The number of hydrazone groups is 1. The second-order valence-electron chi connectivity index (χ2n) is 5.55. The van der Waals surface area contributed by atoms with Crippen molar-refractivity contribution >= 4 is 28.7 Å². The Bertz CT molecular complexity index is 729. The average Bonchev–Trinajstić information content (AvgIpc) is 2.92. The van der Waals surface area contributed by atoms with Crippen LogP contribution in [0.2, 0.25) is 0 Å². The molecule has 112 valence electrons. The van der Waals surface area contributed by atoms with Crippen LogP contribution in [0.3, 0.4) is 0 Å². The molecule has 0 saturated heterocycles. The first kappa shape index (κ1) is 14.7. The quantitative estimate of drug-likeness (QED) is 0.651. The minimum Gasteiger partial charge on any atom is -0.331 e. The van der Waals surface area contributed by atoms with E-state index in [2.05, 4.69) is 60.0 Å². The lowest BCUT2D eigenvalue weighted by atomic mass is 10.1. The van der Waals surface area contributed by atoms with E-state index in [-0.39, 0.29) is 0 Å². The third-order valence-electron chi connectivity index (χ3n) is 3.97. The highest BCUT2D eigenvalue weighted by atomic mass is 32.1. The summed E-state index contributed by atoms with van der Waals surface area (Å²) in [6.45, 7) is 4.13. The lowest BCUT2D eigenvalue weighted by Crippen LogP contribution is -2.25. The number of nitrogens with one attached hydrogen (secondary N) is 2. The Morgan fingerprint density at radius 2 is 1.73 bits per heavy atom. The molecule has 0 radical (unpaired) electrons. The molecule has 0 amide bonds. The summed E-state index contributed by atoms with van der Waals surface area (Å²) in [6, 6.07) is 14.6. The monoisotopic (exact) mass is 309 g/mol. The van der Waals surface area contributed by atoms with Crippen molar-refractivity contribution in [3.8, 4) is 0 Å². The molecule has 4 heteroatoms. The van der Waals surface area contributed by atoms with Gasteiger partial charge in [-0.25, -0.2) is 0 Å². The van der Waals surface area contributed by atoms with Crippen LogP contribution in [0.15, 0.2) is 47.6 Å². The summed E-state index contributed by atoms with van der Waals surface area (Å²) in [4.78, 5) is 0. The second kappa shape index (κ2) is 6.28. The molecule has 2 N–H and O–H groups in total. The van der Waals surface area contributed by atoms with E-state index in [4.69, 9.17) is 12.2 Å². The zero-order valence-electron chi connectivity index (χ0n) is 12.8. The van der Waals surface area contributed by atoms with Gasteiger partial charge in [0, 0.05) is 11.3 Å². The Balaban J connectivity index is 1.70. The summed E-state index contributed by atoms with van der Waals surface area (Å²) in [5, 5.41) is 8.25. The summed E-state index contributed by atoms with van der Waals surface area (Å²) in [5.41, 5.74) is 10.0. The molecule has 1 aliphatic rings. The zero-order chi connectivity index (χ0) is 15.5. The molecule has 3 nitrogen and oxygen atoms in total. The molecule has 0 aromatic heterocycles. The Morgan fingerprint density at radius 3 is 2.50 bits per heavy atom. The molecule has 0 bridgehead atoms. The predicted octanol–water partition coefficient (Wildman–Crippen LogP) is 3.94. The lowest BCUT2D eigenvalue weighted by molar-refractivity contribution is 1.01. The number of para-hydroxylation sites is 1. The molecule has 0 fully saturated rings. The number of aryl methyl sites for hydroxylation is 3. The summed E-state index contributed by atoms with van der Waals surface area (Å²) in [5.74, 6) is 0. The number of anilines is 1. The van der Waals surface area contributed by atoms with E-state index in [1.807, 2.05) is 12.1 Å². The van der Waals surface area contributed by atoms with Crippen molar-refractivity contribution in [3.05, 3.63) is 64.7 Å². The van der Waals surface area contributed by atoms with Crippen LogP contribution in [0.25, 0.3) is 0 Å². The van der Waals surface area contributed by atoms with Crippen molar-refractivity contribution in [2.75, 3.05) is 5.32 Å². The smallest absolute Gasteiger partial charge is 0.191 e. The molecule has 0 atom stereocenters. The topological polar surface area (TPSA) is 36.4 Å². The van der Waals surface area contributed by atoms with Gasteiger partial charge in [0.1, 0.15) is 0 Å². The van der Waals surface area contributed by atoms with E-state index < -0.39 is 0 Å². The third kappa shape index (κ3) is 3.02. The van der Waals surface area contributed by atoms with Crippen molar-refractivity contribution in [2.45, 2.75) is 26.7 Å². The zero-order valence-corrected chi connectivity index (χ0v) is 13.6. The Hall–Kier alpha value is -2.20. The van der Waals surface area contributed by atoms with Crippen LogP contribution < -0.4 is 10.7 Å². The number of hydrogen-bond donors (Lipinski definition) is 2. The lowest BCUT2D eigenvalue weighted by Gasteiger charge is -2.13. The van der Waals surface area contributed by atoms with E-state index in [1.54, 1.807) is 0 Å². The Morgan fingerprint density at radius 1 is 1.00 bits per heavy atom. The van der Waals surface area contributed by atoms with Gasteiger partial charge in [-0.3, -0.25) is 5.43 Å². The molecule has 2 aromatic rings. The minimum absolute atomic E-state index is 0.522. The number of hydrogen-bond acceptors (Lipinski definition) is 2. The fourth-order valence-electron chi connectivity index (χ4n) is 2.80. The first-order valence-corrected chi connectivity index (χ1v) is 7.84. The SMILES string of the molecule is Cc1cccc(C)c1NC(=S)N/N=C1\CCc2ccccc21. The van der Waals surface area contributed by atoms with Crippen molar-refractivity contribution < 1.29 is 0 Å². The van der Waals surface area contributed by atoms with Gasteiger partial charge in [-0.1, -0.05) is 42.5 Å². The van der Waals surface area contributed by atoms with Crippen molar-refractivity contribution in [1.29, 1.82) is 0 Å². The molecule has 3 rings (SSSR count). The van der Waals surface area contributed by atoms with E-state index in [9.17, 15) is 0 Å². The van der Waals surface area contributed by atoms with Crippen LogP contribution in [0.1, 0.15) is 28.7 Å². The van der Waals surface area contributed by atoms with Crippen molar-refractivity contribution in [3.63, 3.8) is 0 Å². The normalized spacial score (nSPS) is 14.7. The first-order chi connectivity index (χ1) is 10.6. The van der Waals surface area contributed by atoms with Gasteiger partial charge in [-0.05, 0) is 55.6 Å². The fraction of sp³-hybridized carbons (Fsp3) is 0.222. The molecular formula is C18H19N3S. The van der Waals surface area contributed by atoms with Gasteiger partial charge in [0.05, 0.1) is 5.71 Å². The molecule has 0 unspecified atom stereocenters. The van der Waals surface area contributed by atoms with Crippen LogP contribution in [0, 0.1) is 13.8 Å². The van der Waals surface area contributed by atoms with Gasteiger partial charge in [-0.2, -0.15) is 5.10 Å². The number of thiocarbonyl (C=S) groups is 1. The molecule has 0 spiro atoms. The molecule has 0 aliphatic heterocycles. The van der Waals surface area contributed by atoms with Gasteiger partial charge in [0.15, 0.2) is 5.11 Å². The van der Waals surface area contributed by atoms with Gasteiger partial charge in [0.2, 0.25) is 0 Å². The standard InChI is InChI=1S/C18H19N3S/c1-12-6-5-7-13(2)17(12)19-18(22)21-20-16-11-10-14-8-3-4-9-15(14)16/h3-9H,10-11H2,1-2H3,(H2,19,21,22)/b20-16+. The Kier molecular flexibility index (Phi) is 4.20. The second-order valence-corrected chi connectivity index (χ2v) is 5.96. The summed E-state index contributed by atoms with van der Waals surface area (Å²) in [6.07, 6.45) is 2.01. The number of nitrogens with zero attached hydrogens (tertiary/aromatic N) is 1. The van der Waals surface area contributed by atoms with Gasteiger partial charge in [0.25, 0.3) is 0 Å². The fourth-order valence-corrected chi connectivity index (χ4v) is 2.94. The highest BCUT2D eigenvalue weighted by Gasteiger charge is 2.16. The molecular weight excluding hydrogens is 290 g/mol. The van der Waals surface area contributed by atoms with E-state index in [0.29, 0.717) is 5.11 Å². The van der Waals surface area contributed by atoms with Crippen molar-refractivity contribution in [2.24, 2.45) is 5.10 Å². The van der Waals surface area contributed by atoms with E-state index in [1.165, 1.54) is 22.3 Å². The summed E-state index contributed by atoms with van der Waals surface area (Å²) >= 11 is 5.36. The number of rotatable bonds is 2. The van der Waals surface area contributed by atoms with Gasteiger partial charge < -0.3 is 5.32 Å². The van der Waals surface area contributed by atoms with E-state index in [0.717, 1.165) is 24.2 Å². The third-order valence-corrected chi connectivity index (χ3v) is 4.16. The number of fused-ring (bicyclic) bond motifs is 1. The van der Waals surface area contributed by atoms with E-state index >= 15 is 0 Å². The maximum absolute atomic E-state index is 5.36. The average molecular weight is 309 g/mol. The van der Waals surface area contributed by atoms with Crippen LogP contribution in [-0.4, -0.2) is 10.8 Å². The summed E-state index contributed by atoms with van der Waals surface area (Å²) < 4.78 is 0. The highest BCUT2D eigenvalue weighted by molar-refractivity contribution is 7.80. The Labute approximate surface area is 136 Å². The van der Waals surface area contributed by atoms with Crippen LogP contribution in [0.5, 0.6) is 0 Å². The highest BCUT2D eigenvalue weighted by Crippen LogP contribution is 2.22. The predicted molar refractivity (Wildman–Crippen MR) is 96.6 cm³/mol. The molecule has 22 heavy (non-hydrogen) atoms. The number of benzene rings is 2. The first-order valence-electron chi connectivity index (χ1n) is 7.43. The van der Waals surface area contributed by atoms with Crippen molar-refractivity contribution in [1.82, 2.24) is 5.43 Å². The molecule has 2 aromatic carbocycles.